The van der Waals surface area contributed by atoms with Crippen LogP contribution in [0, 0.1) is 25.6 Å². The highest BCUT2D eigenvalue weighted by atomic mass is 35.5. The Balaban J connectivity index is 0.00000294. The van der Waals surface area contributed by atoms with Crippen molar-refractivity contribution in [3.63, 3.8) is 0 Å². The van der Waals surface area contributed by atoms with E-state index in [1.807, 2.05) is 38.1 Å². The Morgan fingerprint density at radius 1 is 1.03 bits per heavy atom. The van der Waals surface area contributed by atoms with Gasteiger partial charge in [0.1, 0.15) is 5.82 Å². The first-order chi connectivity index (χ1) is 17.9. The molecular weight excluding hydrogens is 505 g/mol. The van der Waals surface area contributed by atoms with Gasteiger partial charge in [-0.2, -0.15) is 4.98 Å². The van der Waals surface area contributed by atoms with Gasteiger partial charge in [0.05, 0.1) is 5.92 Å². The lowest BCUT2D eigenvalue weighted by molar-refractivity contribution is -0.145. The van der Waals surface area contributed by atoms with Crippen molar-refractivity contribution in [1.82, 2.24) is 15.5 Å². The molecule has 1 saturated carbocycles. The first-order valence-electron chi connectivity index (χ1n) is 12.7. The number of aryl methyl sites for hydroxylation is 3. The molecule has 2 aliphatic carbocycles. The van der Waals surface area contributed by atoms with Crippen LogP contribution in [0.2, 0.25) is 0 Å². The number of hydrogen-bond acceptors (Lipinski definition) is 5. The Hall–Kier alpha value is -3.55. The van der Waals surface area contributed by atoms with Crippen molar-refractivity contribution in [2.75, 3.05) is 0 Å². The number of nitrogens with zero attached hydrogens (tertiary/aromatic N) is 2. The van der Waals surface area contributed by atoms with Crippen LogP contribution >= 0.6 is 12.4 Å². The SMILES string of the molecule is Cc1cc(-c2nc(-c3ccc4c(c3)CCC4NC3CC(C(=O)O)C3)no2)cc(C)c1-c1cccc(F)c1.Cl. The topological polar surface area (TPSA) is 88.2 Å². The molecule has 2 aliphatic rings. The zero-order valence-corrected chi connectivity index (χ0v) is 22.0. The fourth-order valence-electron chi connectivity index (χ4n) is 5.81. The van der Waals surface area contributed by atoms with Crippen molar-refractivity contribution in [3.8, 4) is 34.0 Å². The molecule has 0 radical (unpaired) electrons. The second kappa shape index (κ2) is 10.3. The van der Waals surface area contributed by atoms with E-state index in [4.69, 9.17) is 9.63 Å². The molecule has 0 bridgehead atoms. The molecule has 0 aliphatic heterocycles. The van der Waals surface area contributed by atoms with Gasteiger partial charge in [0.15, 0.2) is 0 Å². The van der Waals surface area contributed by atoms with Gasteiger partial charge < -0.3 is 14.9 Å². The minimum absolute atomic E-state index is 0. The number of rotatable bonds is 6. The largest absolute Gasteiger partial charge is 0.481 e. The van der Waals surface area contributed by atoms with Crippen LogP contribution in [0.1, 0.15) is 47.6 Å². The Bertz CT molecular complexity index is 1490. The molecule has 0 saturated heterocycles. The maximum Gasteiger partial charge on any atom is 0.306 e. The van der Waals surface area contributed by atoms with Crippen LogP contribution < -0.4 is 5.32 Å². The number of nitrogens with one attached hydrogen (secondary N) is 1. The Morgan fingerprint density at radius 3 is 2.50 bits per heavy atom. The fourth-order valence-corrected chi connectivity index (χ4v) is 5.81. The van der Waals surface area contributed by atoms with Gasteiger partial charge in [0, 0.05) is 23.2 Å². The average Bonchev–Trinajstić information content (AvgIpc) is 3.48. The van der Waals surface area contributed by atoms with E-state index in [-0.39, 0.29) is 36.2 Å². The number of carbonyl (C=O) groups is 1. The molecule has 4 aromatic rings. The van der Waals surface area contributed by atoms with Gasteiger partial charge in [-0.3, -0.25) is 4.79 Å². The zero-order chi connectivity index (χ0) is 25.7. The summed E-state index contributed by atoms with van der Waals surface area (Å²) in [7, 11) is 0. The van der Waals surface area contributed by atoms with Gasteiger partial charge in [0.2, 0.25) is 5.82 Å². The quantitative estimate of drug-likeness (QED) is 0.287. The normalized spacial score (nSPS) is 19.9. The summed E-state index contributed by atoms with van der Waals surface area (Å²) in [5.41, 5.74) is 8.15. The van der Waals surface area contributed by atoms with Crippen LogP contribution in [-0.2, 0) is 11.2 Å². The van der Waals surface area contributed by atoms with Crippen molar-refractivity contribution in [2.45, 2.75) is 51.6 Å². The van der Waals surface area contributed by atoms with E-state index in [2.05, 4.69) is 27.6 Å². The predicted octanol–water partition coefficient (Wildman–Crippen LogP) is 6.69. The number of aliphatic carboxylic acids is 1. The molecule has 0 spiro atoms. The molecular formula is C30H29ClFN3O3. The van der Waals surface area contributed by atoms with Crippen LogP contribution in [0.15, 0.2) is 59.1 Å². The lowest BCUT2D eigenvalue weighted by Gasteiger charge is -2.35. The summed E-state index contributed by atoms with van der Waals surface area (Å²) in [6.07, 6.45) is 3.36. The van der Waals surface area contributed by atoms with Crippen molar-refractivity contribution in [2.24, 2.45) is 5.92 Å². The Kier molecular flexibility index (Phi) is 7.07. The first-order valence-corrected chi connectivity index (χ1v) is 12.7. The van der Waals surface area contributed by atoms with Crippen LogP contribution in [0.5, 0.6) is 0 Å². The van der Waals surface area contributed by atoms with E-state index in [0.29, 0.717) is 24.6 Å². The summed E-state index contributed by atoms with van der Waals surface area (Å²) in [5.74, 6) is -0.166. The molecule has 8 heteroatoms. The molecule has 6 rings (SSSR count). The minimum atomic E-state index is -0.693. The second-order valence-electron chi connectivity index (χ2n) is 10.3. The van der Waals surface area contributed by atoms with E-state index in [0.717, 1.165) is 46.2 Å². The van der Waals surface area contributed by atoms with E-state index in [1.165, 1.54) is 17.2 Å². The lowest BCUT2D eigenvalue weighted by atomic mass is 9.80. The molecule has 0 amide bonds. The predicted molar refractivity (Wildman–Crippen MR) is 146 cm³/mol. The molecule has 1 heterocycles. The molecule has 2 N–H and O–H groups in total. The second-order valence-corrected chi connectivity index (χ2v) is 10.3. The van der Waals surface area contributed by atoms with Crippen LogP contribution in [-0.4, -0.2) is 27.3 Å². The third kappa shape index (κ3) is 4.84. The van der Waals surface area contributed by atoms with Gasteiger partial charge in [-0.25, -0.2) is 4.39 Å². The Morgan fingerprint density at radius 2 is 1.79 bits per heavy atom. The molecule has 1 fully saturated rings. The molecule has 3 aromatic carbocycles. The van der Waals surface area contributed by atoms with Gasteiger partial charge in [-0.1, -0.05) is 29.4 Å². The number of carboxylic acids is 1. The van der Waals surface area contributed by atoms with Crippen molar-refractivity contribution in [1.29, 1.82) is 0 Å². The molecule has 1 unspecified atom stereocenters. The smallest absolute Gasteiger partial charge is 0.306 e. The van der Waals surface area contributed by atoms with Gasteiger partial charge in [-0.15, -0.1) is 12.4 Å². The summed E-state index contributed by atoms with van der Waals surface area (Å²) in [6.45, 7) is 4.01. The molecule has 38 heavy (non-hydrogen) atoms. The molecule has 1 aromatic heterocycles. The van der Waals surface area contributed by atoms with E-state index in [1.54, 1.807) is 12.1 Å². The van der Waals surface area contributed by atoms with E-state index >= 15 is 0 Å². The monoisotopic (exact) mass is 533 g/mol. The summed E-state index contributed by atoms with van der Waals surface area (Å²) >= 11 is 0. The number of benzene rings is 3. The van der Waals surface area contributed by atoms with Crippen LogP contribution in [0.25, 0.3) is 34.0 Å². The molecule has 6 nitrogen and oxygen atoms in total. The highest BCUT2D eigenvalue weighted by Crippen LogP contribution is 2.38. The van der Waals surface area contributed by atoms with Gasteiger partial charge in [0.25, 0.3) is 5.89 Å². The van der Waals surface area contributed by atoms with Crippen molar-refractivity contribution in [3.05, 3.63) is 82.7 Å². The number of halogens is 2. The lowest BCUT2D eigenvalue weighted by Crippen LogP contribution is -2.45. The highest BCUT2D eigenvalue weighted by molar-refractivity contribution is 5.85. The number of carboxylic acid groups (broad SMARTS) is 1. The summed E-state index contributed by atoms with van der Waals surface area (Å²) < 4.78 is 19.4. The third-order valence-corrected chi connectivity index (χ3v) is 7.72. The summed E-state index contributed by atoms with van der Waals surface area (Å²) in [4.78, 5) is 15.8. The maximum atomic E-state index is 13.8. The molecule has 196 valence electrons. The van der Waals surface area contributed by atoms with E-state index in [9.17, 15) is 9.18 Å². The van der Waals surface area contributed by atoms with Crippen LogP contribution in [0.4, 0.5) is 4.39 Å². The summed E-state index contributed by atoms with van der Waals surface area (Å²) in [5, 5.41) is 17.0. The average molecular weight is 534 g/mol. The number of fused-ring (bicyclic) bond motifs is 1. The third-order valence-electron chi connectivity index (χ3n) is 7.72. The number of aromatic nitrogens is 2. The van der Waals surface area contributed by atoms with Crippen molar-refractivity contribution < 1.29 is 18.8 Å². The fraction of sp³-hybridized carbons (Fsp3) is 0.300. The van der Waals surface area contributed by atoms with Gasteiger partial charge in [-0.05, 0) is 103 Å². The van der Waals surface area contributed by atoms with Crippen molar-refractivity contribution >= 4 is 18.4 Å². The minimum Gasteiger partial charge on any atom is -0.481 e. The maximum absolute atomic E-state index is 13.8. The Labute approximate surface area is 226 Å². The van der Waals surface area contributed by atoms with Gasteiger partial charge >= 0.3 is 5.97 Å². The number of hydrogen-bond donors (Lipinski definition) is 2. The van der Waals surface area contributed by atoms with E-state index < -0.39 is 5.97 Å². The molecule has 1 atom stereocenters. The first kappa shape index (κ1) is 26.1. The highest BCUT2D eigenvalue weighted by Gasteiger charge is 2.36. The standard InChI is InChI=1S/C30H28FN3O3.ClH/c1-16-10-21(11-17(2)27(16)19-4-3-5-23(31)13-19)29-33-28(34-37-29)20-6-8-25-18(12-20)7-9-26(25)32-24-14-22(15-24)30(35)36;/h3-6,8,10-13,22,24,26,32H,7,9,14-15H2,1-2H3,(H,35,36);1H. The zero-order valence-electron chi connectivity index (χ0n) is 21.2. The summed E-state index contributed by atoms with van der Waals surface area (Å²) in [6, 6.07) is 17.4. The van der Waals surface area contributed by atoms with Crippen LogP contribution in [0.3, 0.4) is 0 Å².